The number of hydrogen-bond acceptors (Lipinski definition) is 2. The molecule has 2 aromatic heterocycles. The van der Waals surface area contributed by atoms with Crippen LogP contribution in [0, 0.1) is 0 Å². The predicted octanol–water partition coefficient (Wildman–Crippen LogP) is 13.7. The number of para-hydroxylation sites is 3. The van der Waals surface area contributed by atoms with Gasteiger partial charge in [-0.3, -0.25) is 4.99 Å². The van der Waals surface area contributed by atoms with Gasteiger partial charge in [-0.25, -0.2) is 0 Å². The van der Waals surface area contributed by atoms with E-state index in [1.165, 1.54) is 71.2 Å². The van der Waals surface area contributed by atoms with Gasteiger partial charge in [-0.15, -0.1) is 0 Å². The minimum Gasteiger partial charge on any atom is -0.349 e. The summed E-state index contributed by atoms with van der Waals surface area (Å²) in [6.07, 6.45) is -0.183. The van der Waals surface area contributed by atoms with E-state index >= 15 is 0 Å². The zero-order valence-electron chi connectivity index (χ0n) is 32.5. The predicted molar refractivity (Wildman–Crippen MR) is 248 cm³/mol. The van der Waals surface area contributed by atoms with Crippen LogP contribution in [0.5, 0.6) is 0 Å². The molecule has 1 atom stereocenters. The van der Waals surface area contributed by atoms with Crippen LogP contribution in [0.3, 0.4) is 0 Å². The monoisotopic (exact) mass is 754 g/mol. The molecule has 0 N–H and O–H groups in total. The molecule has 3 heterocycles. The Kier molecular flexibility index (Phi) is 7.48. The third kappa shape index (κ3) is 5.20. The number of aromatic nitrogens is 2. The molecule has 11 aromatic rings. The summed E-state index contributed by atoms with van der Waals surface area (Å²) in [5.41, 5.74) is 15.0. The molecule has 0 saturated carbocycles. The van der Waals surface area contributed by atoms with Crippen LogP contribution in [0.1, 0.15) is 22.9 Å². The molecule has 0 amide bonds. The van der Waals surface area contributed by atoms with E-state index in [1.807, 2.05) is 0 Å². The number of rotatable bonds is 5. The highest BCUT2D eigenvalue weighted by Gasteiger charge is 2.28. The maximum atomic E-state index is 5.49. The Bertz CT molecular complexity index is 3430. The lowest BCUT2D eigenvalue weighted by atomic mass is 9.95. The van der Waals surface area contributed by atoms with Gasteiger partial charge >= 0.3 is 0 Å². The van der Waals surface area contributed by atoms with E-state index in [-0.39, 0.29) is 6.17 Å². The van der Waals surface area contributed by atoms with Crippen LogP contribution >= 0.6 is 0 Å². The van der Waals surface area contributed by atoms with Gasteiger partial charge in [-0.2, -0.15) is 0 Å². The zero-order valence-corrected chi connectivity index (χ0v) is 32.5. The van der Waals surface area contributed by atoms with Crippen LogP contribution in [-0.2, 0) is 0 Å². The highest BCUT2D eigenvalue weighted by Crippen LogP contribution is 2.43. The first kappa shape index (κ1) is 33.4. The number of nitrogens with zero attached hydrogens (tertiary/aromatic N) is 4. The van der Waals surface area contributed by atoms with E-state index in [9.17, 15) is 0 Å². The molecule has 0 spiro atoms. The Hall–Kier alpha value is -7.69. The Labute approximate surface area is 342 Å². The fraction of sp³-hybridized carbons (Fsp3) is 0.0364. The largest absolute Gasteiger partial charge is 0.349 e. The highest BCUT2D eigenvalue weighted by atomic mass is 15.2. The molecule has 0 bridgehead atoms. The van der Waals surface area contributed by atoms with Gasteiger partial charge < -0.3 is 14.0 Å². The summed E-state index contributed by atoms with van der Waals surface area (Å²) in [4.78, 5) is 7.79. The number of benzene rings is 9. The zero-order chi connectivity index (χ0) is 39.0. The second kappa shape index (κ2) is 13.2. The Balaban J connectivity index is 1.01. The van der Waals surface area contributed by atoms with Crippen molar-refractivity contribution in [2.24, 2.45) is 4.99 Å². The first-order valence-corrected chi connectivity index (χ1v) is 20.3. The molecule has 0 aliphatic carbocycles. The summed E-state index contributed by atoms with van der Waals surface area (Å²) in [5, 5.41) is 7.55. The van der Waals surface area contributed by atoms with E-state index in [4.69, 9.17) is 4.99 Å². The minimum absolute atomic E-state index is 0.183. The van der Waals surface area contributed by atoms with Crippen molar-refractivity contribution < 1.29 is 0 Å². The van der Waals surface area contributed by atoms with Crippen molar-refractivity contribution in [1.29, 1.82) is 0 Å². The lowest BCUT2D eigenvalue weighted by Crippen LogP contribution is -2.30. The molecule has 1 aliphatic heterocycles. The lowest BCUT2D eigenvalue weighted by molar-refractivity contribution is 0.698. The van der Waals surface area contributed by atoms with Gasteiger partial charge in [0.05, 0.1) is 27.8 Å². The fourth-order valence-corrected chi connectivity index (χ4v) is 9.55. The van der Waals surface area contributed by atoms with E-state index < -0.39 is 0 Å². The average Bonchev–Trinajstić information content (AvgIpc) is 3.81. The van der Waals surface area contributed by atoms with Crippen molar-refractivity contribution in [3.05, 3.63) is 223 Å². The molecule has 4 heteroatoms. The quantitative estimate of drug-likeness (QED) is 0.172. The Morgan fingerprint density at radius 1 is 0.407 bits per heavy atom. The van der Waals surface area contributed by atoms with Crippen molar-refractivity contribution in [2.45, 2.75) is 6.17 Å². The molecule has 278 valence electrons. The Morgan fingerprint density at radius 3 is 1.83 bits per heavy atom. The number of fused-ring (bicyclic) bond motifs is 9. The van der Waals surface area contributed by atoms with Gasteiger partial charge in [-0.05, 0) is 82.1 Å². The van der Waals surface area contributed by atoms with E-state index in [1.54, 1.807) is 0 Å². The lowest BCUT2D eigenvalue weighted by Gasteiger charge is -2.34. The van der Waals surface area contributed by atoms with Crippen LogP contribution in [0.4, 0.5) is 5.69 Å². The fourth-order valence-electron chi connectivity index (χ4n) is 9.55. The number of hydrogen-bond donors (Lipinski definition) is 0. The average molecular weight is 755 g/mol. The normalized spacial score (nSPS) is 14.1. The van der Waals surface area contributed by atoms with Crippen molar-refractivity contribution >= 4 is 65.8 Å². The second-order valence-electron chi connectivity index (χ2n) is 15.6. The van der Waals surface area contributed by atoms with E-state index in [0.29, 0.717) is 0 Å². The van der Waals surface area contributed by atoms with Crippen molar-refractivity contribution in [3.63, 3.8) is 0 Å². The topological polar surface area (TPSA) is 25.5 Å². The van der Waals surface area contributed by atoms with Crippen molar-refractivity contribution in [1.82, 2.24) is 9.13 Å². The maximum absolute atomic E-state index is 5.49. The summed E-state index contributed by atoms with van der Waals surface area (Å²) < 4.78 is 4.87. The molecule has 4 nitrogen and oxygen atoms in total. The van der Waals surface area contributed by atoms with Crippen LogP contribution in [0.25, 0.3) is 76.9 Å². The molecular formula is C55H38N4. The smallest absolute Gasteiger partial charge is 0.147 e. The van der Waals surface area contributed by atoms with Crippen LogP contribution < -0.4 is 4.90 Å². The molecule has 0 saturated heterocycles. The van der Waals surface area contributed by atoms with Crippen molar-refractivity contribution in [2.75, 3.05) is 11.9 Å². The molecule has 12 rings (SSSR count). The Morgan fingerprint density at radius 2 is 1.02 bits per heavy atom. The standard InChI is InChI=1S/C55H38N4/c1-57-48-22-12-11-21-45(48)54(39-26-24-37(25-27-39)36-14-4-2-5-15-36)56-55(57)40-28-31-42(32-29-40)58-49-23-13-10-20-44(49)46-34-47-52(35-51(46)58)59(41-17-6-3-7-18-41)50-33-30-38-16-8-9-19-43(38)53(47)50/h2-35,55H,1H3. The summed E-state index contributed by atoms with van der Waals surface area (Å²) in [5.74, 6) is 0. The minimum atomic E-state index is -0.183. The van der Waals surface area contributed by atoms with Gasteiger partial charge in [0, 0.05) is 56.8 Å². The second-order valence-corrected chi connectivity index (χ2v) is 15.6. The SMILES string of the molecule is CN1c2ccccc2C(c2ccc(-c3ccccc3)cc2)=NC1c1ccc(-n2c3ccccc3c3cc4c5c6ccccc6ccc5n(-c5ccccc5)c4cc32)cc1. The van der Waals surface area contributed by atoms with Crippen LogP contribution in [-0.4, -0.2) is 21.9 Å². The van der Waals surface area contributed by atoms with Gasteiger partial charge in [0.25, 0.3) is 0 Å². The van der Waals surface area contributed by atoms with E-state index in [2.05, 4.69) is 227 Å². The highest BCUT2D eigenvalue weighted by molar-refractivity contribution is 6.25. The molecule has 0 radical (unpaired) electrons. The summed E-state index contributed by atoms with van der Waals surface area (Å²) in [7, 11) is 2.16. The van der Waals surface area contributed by atoms with Crippen molar-refractivity contribution in [3.8, 4) is 22.5 Å². The number of anilines is 1. The third-order valence-electron chi connectivity index (χ3n) is 12.3. The van der Waals surface area contributed by atoms with Gasteiger partial charge in [0.15, 0.2) is 0 Å². The summed E-state index contributed by atoms with van der Waals surface area (Å²) in [6, 6.07) is 74.8. The summed E-state index contributed by atoms with van der Waals surface area (Å²) in [6.45, 7) is 0. The van der Waals surface area contributed by atoms with Crippen LogP contribution in [0.2, 0.25) is 0 Å². The molecule has 1 unspecified atom stereocenters. The third-order valence-corrected chi connectivity index (χ3v) is 12.3. The molecule has 9 aromatic carbocycles. The molecule has 59 heavy (non-hydrogen) atoms. The first-order valence-electron chi connectivity index (χ1n) is 20.3. The van der Waals surface area contributed by atoms with Crippen LogP contribution in [0.15, 0.2) is 211 Å². The van der Waals surface area contributed by atoms with Gasteiger partial charge in [-0.1, -0.05) is 152 Å². The first-order chi connectivity index (χ1) is 29.2. The maximum Gasteiger partial charge on any atom is 0.147 e. The summed E-state index contributed by atoms with van der Waals surface area (Å²) >= 11 is 0. The molecular weight excluding hydrogens is 717 g/mol. The number of aliphatic imine (C=N–C) groups is 1. The van der Waals surface area contributed by atoms with Gasteiger partial charge in [0.2, 0.25) is 0 Å². The van der Waals surface area contributed by atoms with Gasteiger partial charge in [0.1, 0.15) is 6.17 Å². The molecule has 1 aliphatic rings. The molecule has 0 fully saturated rings. The van der Waals surface area contributed by atoms with E-state index in [0.717, 1.165) is 33.8 Å².